The Bertz CT molecular complexity index is 1180. The summed E-state index contributed by atoms with van der Waals surface area (Å²) in [7, 11) is 0. The van der Waals surface area contributed by atoms with E-state index in [9.17, 15) is 9.59 Å². The fraction of sp³-hybridized carbons (Fsp3) is 0.391. The molecule has 1 saturated heterocycles. The van der Waals surface area contributed by atoms with Crippen molar-refractivity contribution in [3.63, 3.8) is 0 Å². The van der Waals surface area contributed by atoms with E-state index >= 15 is 0 Å². The molecule has 5 rings (SSSR count). The topological polar surface area (TPSA) is 103 Å². The van der Waals surface area contributed by atoms with Crippen LogP contribution >= 0.6 is 0 Å². The van der Waals surface area contributed by atoms with Gasteiger partial charge in [-0.25, -0.2) is 9.97 Å². The van der Waals surface area contributed by atoms with Gasteiger partial charge in [0, 0.05) is 56.0 Å². The lowest BCUT2D eigenvalue weighted by Gasteiger charge is -2.33. The Morgan fingerprint density at radius 1 is 1.26 bits per heavy atom. The fourth-order valence-corrected chi connectivity index (χ4v) is 4.53. The van der Waals surface area contributed by atoms with Crippen LogP contribution in [0.2, 0.25) is 0 Å². The third-order valence-electron chi connectivity index (χ3n) is 6.17. The quantitative estimate of drug-likeness (QED) is 0.607. The highest BCUT2D eigenvalue weighted by Crippen LogP contribution is 2.30. The zero-order valence-electron chi connectivity index (χ0n) is 17.8. The second-order valence-electron chi connectivity index (χ2n) is 8.36. The maximum atomic E-state index is 12.2. The van der Waals surface area contributed by atoms with Crippen molar-refractivity contribution in [1.82, 2.24) is 25.2 Å². The molecule has 1 atom stereocenters. The van der Waals surface area contributed by atoms with Gasteiger partial charge in [0.1, 0.15) is 11.3 Å². The van der Waals surface area contributed by atoms with E-state index in [1.807, 2.05) is 36.1 Å². The van der Waals surface area contributed by atoms with Gasteiger partial charge in [-0.2, -0.15) is 0 Å². The molecule has 8 heteroatoms. The number of benzene rings is 1. The van der Waals surface area contributed by atoms with Gasteiger partial charge < -0.3 is 20.5 Å². The van der Waals surface area contributed by atoms with E-state index in [1.165, 1.54) is 0 Å². The summed E-state index contributed by atoms with van der Waals surface area (Å²) in [5.41, 5.74) is 5.88. The summed E-state index contributed by atoms with van der Waals surface area (Å²) >= 11 is 0. The van der Waals surface area contributed by atoms with Crippen molar-refractivity contribution < 1.29 is 9.59 Å². The monoisotopic (exact) mass is 418 g/mol. The lowest BCUT2D eigenvalue weighted by molar-refractivity contribution is -0.129. The van der Waals surface area contributed by atoms with Gasteiger partial charge in [0.05, 0.1) is 16.8 Å². The first-order valence-corrected chi connectivity index (χ1v) is 10.8. The number of piperidine rings is 1. The average Bonchev–Trinajstić information content (AvgIpc) is 3.20. The van der Waals surface area contributed by atoms with Gasteiger partial charge in [-0.1, -0.05) is 12.1 Å². The Kier molecular flexibility index (Phi) is 4.84. The molecule has 2 amide bonds. The Labute approximate surface area is 180 Å². The first-order chi connectivity index (χ1) is 15.0. The maximum absolute atomic E-state index is 12.2. The zero-order valence-corrected chi connectivity index (χ0v) is 17.8. The molecule has 160 valence electrons. The molecule has 3 N–H and O–H groups in total. The number of aryl methyl sites for hydroxylation is 1. The minimum atomic E-state index is -0.0411. The standard InChI is InChI=1S/C23H26N6O2/c1-13-22(26-15-5-4-10-29(12-15)14(2)30)28-21-16(6-3-7-19(21)25-13)20-11-17-18(27-20)8-9-24-23(17)31/h3,6-7,11,15,27H,4-5,8-10,12H2,1-2H3,(H,24,31)(H,26,28)/t15-/m1/s1. The molecule has 2 aliphatic rings. The van der Waals surface area contributed by atoms with E-state index in [0.29, 0.717) is 18.7 Å². The van der Waals surface area contributed by atoms with Crippen LogP contribution in [0.3, 0.4) is 0 Å². The van der Waals surface area contributed by atoms with Gasteiger partial charge in [-0.05, 0) is 31.9 Å². The SMILES string of the molecule is CC(=O)N1CCC[C@@H](Nc2nc3c(-c4cc5c([nH]4)CCNC5=O)cccc3nc2C)C1. The van der Waals surface area contributed by atoms with Crippen molar-refractivity contribution in [3.05, 3.63) is 41.2 Å². The summed E-state index contributed by atoms with van der Waals surface area (Å²) in [5, 5.41) is 6.41. The molecular formula is C23H26N6O2. The number of anilines is 1. The lowest BCUT2D eigenvalue weighted by Crippen LogP contribution is -2.44. The summed E-state index contributed by atoms with van der Waals surface area (Å²) in [6.07, 6.45) is 2.75. The lowest BCUT2D eigenvalue weighted by atomic mass is 10.1. The van der Waals surface area contributed by atoms with Crippen LogP contribution in [0.25, 0.3) is 22.3 Å². The predicted octanol–water partition coefficient (Wildman–Crippen LogP) is 2.64. The van der Waals surface area contributed by atoms with Crippen molar-refractivity contribution in [1.29, 1.82) is 0 Å². The number of para-hydroxylation sites is 1. The second kappa shape index (κ2) is 7.68. The molecule has 8 nitrogen and oxygen atoms in total. The van der Waals surface area contributed by atoms with Crippen LogP contribution in [0.4, 0.5) is 5.82 Å². The zero-order chi connectivity index (χ0) is 21.5. The molecule has 0 spiro atoms. The first-order valence-electron chi connectivity index (χ1n) is 10.8. The Balaban J connectivity index is 1.51. The molecule has 0 unspecified atom stereocenters. The minimum Gasteiger partial charge on any atom is -0.364 e. The molecule has 0 aliphatic carbocycles. The Morgan fingerprint density at radius 3 is 2.94 bits per heavy atom. The van der Waals surface area contributed by atoms with E-state index in [0.717, 1.165) is 65.3 Å². The predicted molar refractivity (Wildman–Crippen MR) is 119 cm³/mol. The van der Waals surface area contributed by atoms with E-state index in [4.69, 9.17) is 9.97 Å². The number of carbonyl (C=O) groups excluding carboxylic acids is 2. The molecule has 0 bridgehead atoms. The smallest absolute Gasteiger partial charge is 0.253 e. The third-order valence-corrected chi connectivity index (χ3v) is 6.17. The molecule has 1 fully saturated rings. The van der Waals surface area contributed by atoms with E-state index in [-0.39, 0.29) is 17.9 Å². The number of amides is 2. The summed E-state index contributed by atoms with van der Waals surface area (Å²) < 4.78 is 0. The van der Waals surface area contributed by atoms with E-state index < -0.39 is 0 Å². The van der Waals surface area contributed by atoms with Crippen molar-refractivity contribution in [2.75, 3.05) is 25.0 Å². The summed E-state index contributed by atoms with van der Waals surface area (Å²) in [5.74, 6) is 0.805. The van der Waals surface area contributed by atoms with Crippen LogP contribution in [0, 0.1) is 6.92 Å². The second-order valence-corrected chi connectivity index (χ2v) is 8.36. The van der Waals surface area contributed by atoms with Crippen LogP contribution < -0.4 is 10.6 Å². The number of hydrogen-bond acceptors (Lipinski definition) is 5. The molecule has 3 aromatic rings. The van der Waals surface area contributed by atoms with Crippen LogP contribution in [-0.2, 0) is 11.2 Å². The number of likely N-dealkylation sites (tertiary alicyclic amines) is 1. The van der Waals surface area contributed by atoms with Crippen molar-refractivity contribution in [2.24, 2.45) is 0 Å². The summed E-state index contributed by atoms with van der Waals surface area (Å²) in [6, 6.07) is 7.97. The van der Waals surface area contributed by atoms with E-state index in [2.05, 4.69) is 15.6 Å². The molecule has 31 heavy (non-hydrogen) atoms. The summed E-state index contributed by atoms with van der Waals surface area (Å²) in [6.45, 7) is 5.70. The van der Waals surface area contributed by atoms with Crippen LogP contribution in [-0.4, -0.2) is 57.3 Å². The highest BCUT2D eigenvalue weighted by atomic mass is 16.2. The third kappa shape index (κ3) is 3.62. The van der Waals surface area contributed by atoms with Crippen LogP contribution in [0.15, 0.2) is 24.3 Å². The highest BCUT2D eigenvalue weighted by molar-refractivity contribution is 5.99. The van der Waals surface area contributed by atoms with Gasteiger partial charge in [0.15, 0.2) is 0 Å². The normalized spacial score (nSPS) is 18.6. The van der Waals surface area contributed by atoms with Gasteiger partial charge in [-0.15, -0.1) is 0 Å². The fourth-order valence-electron chi connectivity index (χ4n) is 4.53. The molecule has 0 saturated carbocycles. The van der Waals surface area contributed by atoms with Gasteiger partial charge in [-0.3, -0.25) is 9.59 Å². The average molecular weight is 419 g/mol. The first kappa shape index (κ1) is 19.5. The molecule has 2 aliphatic heterocycles. The van der Waals surface area contributed by atoms with Gasteiger partial charge >= 0.3 is 0 Å². The molecule has 1 aromatic carbocycles. The van der Waals surface area contributed by atoms with Crippen molar-refractivity contribution >= 4 is 28.7 Å². The molecule has 4 heterocycles. The number of fused-ring (bicyclic) bond motifs is 2. The summed E-state index contributed by atoms with van der Waals surface area (Å²) in [4.78, 5) is 39.0. The molecular weight excluding hydrogens is 392 g/mol. The Hall–Kier alpha value is -3.42. The molecule has 0 radical (unpaired) electrons. The number of rotatable bonds is 3. The minimum absolute atomic E-state index is 0.0411. The largest absolute Gasteiger partial charge is 0.364 e. The Morgan fingerprint density at radius 2 is 2.13 bits per heavy atom. The van der Waals surface area contributed by atoms with Crippen molar-refractivity contribution in [2.45, 2.75) is 39.2 Å². The molecule has 2 aromatic heterocycles. The van der Waals surface area contributed by atoms with E-state index in [1.54, 1.807) is 6.92 Å². The number of H-pyrrole nitrogens is 1. The van der Waals surface area contributed by atoms with Crippen LogP contribution in [0.1, 0.15) is 41.5 Å². The number of carbonyl (C=O) groups is 2. The number of aromatic amines is 1. The maximum Gasteiger partial charge on any atom is 0.253 e. The number of nitrogens with one attached hydrogen (secondary N) is 3. The van der Waals surface area contributed by atoms with Crippen LogP contribution in [0.5, 0.6) is 0 Å². The van der Waals surface area contributed by atoms with Gasteiger partial charge in [0.2, 0.25) is 5.91 Å². The van der Waals surface area contributed by atoms with Crippen molar-refractivity contribution in [3.8, 4) is 11.3 Å². The van der Waals surface area contributed by atoms with Gasteiger partial charge in [0.25, 0.3) is 5.91 Å². The number of aromatic nitrogens is 3. The number of hydrogen-bond donors (Lipinski definition) is 3. The highest BCUT2D eigenvalue weighted by Gasteiger charge is 2.24. The number of nitrogens with zero attached hydrogens (tertiary/aromatic N) is 3.